The smallest absolute Gasteiger partial charge is 0.226 e. The molecule has 0 bridgehead atoms. The molecule has 1 heterocycles. The maximum Gasteiger partial charge on any atom is 0.226 e. The zero-order valence-electron chi connectivity index (χ0n) is 11.5. The van der Waals surface area contributed by atoms with Crippen LogP contribution >= 0.6 is 0 Å². The summed E-state index contributed by atoms with van der Waals surface area (Å²) in [5, 5.41) is 3.83. The lowest BCUT2D eigenvalue weighted by atomic mass is 10.2. The fourth-order valence-corrected chi connectivity index (χ4v) is 1.69. The van der Waals surface area contributed by atoms with Crippen LogP contribution in [0.5, 0.6) is 11.5 Å². The highest BCUT2D eigenvalue weighted by molar-refractivity contribution is 5.76. The third-order valence-corrected chi connectivity index (χ3v) is 2.65. The van der Waals surface area contributed by atoms with Gasteiger partial charge in [0.1, 0.15) is 6.29 Å². The molecule has 0 aliphatic rings. The third kappa shape index (κ3) is 3.34. The van der Waals surface area contributed by atoms with Gasteiger partial charge < -0.3 is 14.0 Å². The zero-order valence-corrected chi connectivity index (χ0v) is 11.5. The van der Waals surface area contributed by atoms with Crippen LogP contribution in [0.3, 0.4) is 0 Å². The first-order chi connectivity index (χ1) is 9.76. The molecule has 0 radical (unpaired) electrons. The average molecular weight is 276 g/mol. The molecule has 0 spiro atoms. The van der Waals surface area contributed by atoms with Crippen molar-refractivity contribution in [2.75, 3.05) is 7.11 Å². The van der Waals surface area contributed by atoms with E-state index in [1.807, 2.05) is 6.92 Å². The molecular formula is C14H16N2O4. The number of carbonyl (C=O) groups excluding carboxylic acids is 1. The van der Waals surface area contributed by atoms with E-state index >= 15 is 0 Å². The van der Waals surface area contributed by atoms with Crippen molar-refractivity contribution in [1.82, 2.24) is 10.1 Å². The second kappa shape index (κ2) is 6.70. The molecule has 2 rings (SSSR count). The number of aryl methyl sites for hydroxylation is 1. The first-order valence-electron chi connectivity index (χ1n) is 6.34. The molecule has 0 atom stereocenters. The van der Waals surface area contributed by atoms with E-state index in [1.54, 1.807) is 18.2 Å². The van der Waals surface area contributed by atoms with Crippen LogP contribution in [0.2, 0.25) is 0 Å². The van der Waals surface area contributed by atoms with Crippen LogP contribution in [-0.2, 0) is 13.0 Å². The lowest BCUT2D eigenvalue weighted by Gasteiger charge is -2.09. The Morgan fingerprint density at radius 3 is 2.90 bits per heavy atom. The van der Waals surface area contributed by atoms with E-state index in [9.17, 15) is 4.79 Å². The Morgan fingerprint density at radius 1 is 1.35 bits per heavy atom. The van der Waals surface area contributed by atoms with Gasteiger partial charge in [-0.05, 0) is 24.6 Å². The summed E-state index contributed by atoms with van der Waals surface area (Å²) in [6.45, 7) is 2.20. The molecule has 106 valence electrons. The SMILES string of the molecule is CCCc1nc(COc2cc(C=O)ccc2OC)no1. The Bertz CT molecular complexity index is 580. The minimum absolute atomic E-state index is 0.159. The summed E-state index contributed by atoms with van der Waals surface area (Å²) in [7, 11) is 1.54. The molecule has 6 nitrogen and oxygen atoms in total. The standard InChI is InChI=1S/C14H16N2O4/c1-3-4-14-15-13(16-20-14)9-19-12-7-10(8-17)5-6-11(12)18-2/h5-8H,3-4,9H2,1-2H3. The van der Waals surface area contributed by atoms with Gasteiger partial charge in [-0.25, -0.2) is 0 Å². The van der Waals surface area contributed by atoms with Crippen LogP contribution in [0.25, 0.3) is 0 Å². The van der Waals surface area contributed by atoms with Crippen molar-refractivity contribution in [3.63, 3.8) is 0 Å². The molecule has 0 amide bonds. The van der Waals surface area contributed by atoms with Crippen LogP contribution in [0, 0.1) is 0 Å². The highest BCUT2D eigenvalue weighted by Gasteiger charge is 2.09. The van der Waals surface area contributed by atoms with Crippen molar-refractivity contribution < 1.29 is 18.8 Å². The molecule has 0 fully saturated rings. The molecule has 0 saturated carbocycles. The molecular weight excluding hydrogens is 260 g/mol. The molecule has 0 unspecified atom stereocenters. The second-order valence-corrected chi connectivity index (χ2v) is 4.17. The Hall–Kier alpha value is -2.37. The highest BCUT2D eigenvalue weighted by atomic mass is 16.5. The monoisotopic (exact) mass is 276 g/mol. The number of methoxy groups -OCH3 is 1. The lowest BCUT2D eigenvalue weighted by Crippen LogP contribution is -2.00. The van der Waals surface area contributed by atoms with Crippen LogP contribution in [-0.4, -0.2) is 23.5 Å². The predicted molar refractivity (Wildman–Crippen MR) is 71.0 cm³/mol. The van der Waals surface area contributed by atoms with Gasteiger partial charge in [0.15, 0.2) is 18.1 Å². The summed E-state index contributed by atoms with van der Waals surface area (Å²) >= 11 is 0. The number of carbonyl (C=O) groups is 1. The molecule has 2 aromatic rings. The van der Waals surface area contributed by atoms with Crippen LogP contribution in [0.1, 0.15) is 35.4 Å². The minimum Gasteiger partial charge on any atom is -0.493 e. The quantitative estimate of drug-likeness (QED) is 0.723. The third-order valence-electron chi connectivity index (χ3n) is 2.65. The first-order valence-corrected chi connectivity index (χ1v) is 6.34. The summed E-state index contributed by atoms with van der Waals surface area (Å²) < 4.78 is 15.8. The fraction of sp³-hybridized carbons (Fsp3) is 0.357. The van der Waals surface area contributed by atoms with Crippen LogP contribution < -0.4 is 9.47 Å². The molecule has 0 aliphatic carbocycles. The van der Waals surface area contributed by atoms with Crippen LogP contribution in [0.15, 0.2) is 22.7 Å². The van der Waals surface area contributed by atoms with E-state index in [1.165, 1.54) is 7.11 Å². The summed E-state index contributed by atoms with van der Waals surface area (Å²) in [4.78, 5) is 15.0. The minimum atomic E-state index is 0.159. The molecule has 20 heavy (non-hydrogen) atoms. The number of nitrogens with zero attached hydrogens (tertiary/aromatic N) is 2. The van der Waals surface area contributed by atoms with Gasteiger partial charge in [0.2, 0.25) is 11.7 Å². The normalized spacial score (nSPS) is 10.3. The molecule has 6 heteroatoms. The number of rotatable bonds is 7. The molecule has 0 N–H and O–H groups in total. The van der Waals surface area contributed by atoms with E-state index in [2.05, 4.69) is 10.1 Å². The molecule has 0 saturated heterocycles. The van der Waals surface area contributed by atoms with Gasteiger partial charge in [0.05, 0.1) is 7.11 Å². The van der Waals surface area contributed by atoms with Crippen molar-refractivity contribution in [3.05, 3.63) is 35.5 Å². The largest absolute Gasteiger partial charge is 0.493 e. The summed E-state index contributed by atoms with van der Waals surface area (Å²) in [5.41, 5.74) is 0.514. The van der Waals surface area contributed by atoms with Crippen molar-refractivity contribution in [2.24, 2.45) is 0 Å². The number of ether oxygens (including phenoxy) is 2. The summed E-state index contributed by atoms with van der Waals surface area (Å²) in [5.74, 6) is 2.08. The predicted octanol–water partition coefficient (Wildman–Crippen LogP) is 2.42. The summed E-state index contributed by atoms with van der Waals surface area (Å²) in [6, 6.07) is 4.95. The number of hydrogen-bond donors (Lipinski definition) is 0. The number of aldehydes is 1. The maximum atomic E-state index is 10.8. The zero-order chi connectivity index (χ0) is 14.4. The van der Waals surface area contributed by atoms with Crippen LogP contribution in [0.4, 0.5) is 0 Å². The number of hydrogen-bond acceptors (Lipinski definition) is 6. The summed E-state index contributed by atoms with van der Waals surface area (Å²) in [6.07, 6.45) is 2.44. The van der Waals surface area contributed by atoms with E-state index < -0.39 is 0 Å². The van der Waals surface area contributed by atoms with Crippen molar-refractivity contribution >= 4 is 6.29 Å². The van der Waals surface area contributed by atoms with Crippen molar-refractivity contribution in [2.45, 2.75) is 26.4 Å². The van der Waals surface area contributed by atoms with Gasteiger partial charge >= 0.3 is 0 Å². The van der Waals surface area contributed by atoms with Gasteiger partial charge in [0, 0.05) is 12.0 Å². The maximum absolute atomic E-state index is 10.8. The Morgan fingerprint density at radius 2 is 2.20 bits per heavy atom. The van der Waals surface area contributed by atoms with Gasteiger partial charge in [-0.15, -0.1) is 0 Å². The molecule has 1 aromatic carbocycles. The topological polar surface area (TPSA) is 74.5 Å². The Balaban J connectivity index is 2.06. The number of aromatic nitrogens is 2. The molecule has 1 aromatic heterocycles. The van der Waals surface area contributed by atoms with Gasteiger partial charge in [-0.3, -0.25) is 4.79 Å². The van der Waals surface area contributed by atoms with Crippen molar-refractivity contribution in [3.8, 4) is 11.5 Å². The van der Waals surface area contributed by atoms with Gasteiger partial charge in [0.25, 0.3) is 0 Å². The average Bonchev–Trinajstić information content (AvgIpc) is 2.93. The van der Waals surface area contributed by atoms with E-state index in [0.29, 0.717) is 28.8 Å². The van der Waals surface area contributed by atoms with Gasteiger partial charge in [-0.1, -0.05) is 12.1 Å². The van der Waals surface area contributed by atoms with Crippen molar-refractivity contribution in [1.29, 1.82) is 0 Å². The van der Waals surface area contributed by atoms with E-state index in [4.69, 9.17) is 14.0 Å². The Kier molecular flexibility index (Phi) is 4.70. The van der Waals surface area contributed by atoms with E-state index in [0.717, 1.165) is 19.1 Å². The highest BCUT2D eigenvalue weighted by Crippen LogP contribution is 2.28. The first kappa shape index (κ1) is 14.0. The Labute approximate surface area is 116 Å². The van der Waals surface area contributed by atoms with Gasteiger partial charge in [-0.2, -0.15) is 4.98 Å². The lowest BCUT2D eigenvalue weighted by molar-refractivity contribution is 0.112. The van der Waals surface area contributed by atoms with E-state index in [-0.39, 0.29) is 6.61 Å². The number of benzene rings is 1. The second-order valence-electron chi connectivity index (χ2n) is 4.17. The fourth-order valence-electron chi connectivity index (χ4n) is 1.69. The molecule has 0 aliphatic heterocycles.